The molecule has 2 atom stereocenters. The molecule has 1 amide bonds. The SMILES string of the molecule is C[C@@H]1CN(c2ccc(NC(=O)c3cc4cc(F)ccc4[nH]3)cn2)C[C@@H](C)O1. The minimum atomic E-state index is -0.333. The van der Waals surface area contributed by atoms with Gasteiger partial charge in [-0.1, -0.05) is 0 Å². The summed E-state index contributed by atoms with van der Waals surface area (Å²) in [6, 6.07) is 9.71. The summed E-state index contributed by atoms with van der Waals surface area (Å²) in [5.74, 6) is 0.228. The predicted molar refractivity (Wildman–Crippen MR) is 103 cm³/mol. The maximum absolute atomic E-state index is 13.3. The van der Waals surface area contributed by atoms with Crippen LogP contribution in [0.25, 0.3) is 10.9 Å². The summed E-state index contributed by atoms with van der Waals surface area (Å²) in [6.45, 7) is 5.66. The van der Waals surface area contributed by atoms with Gasteiger partial charge in [-0.2, -0.15) is 0 Å². The van der Waals surface area contributed by atoms with Crippen LogP contribution >= 0.6 is 0 Å². The van der Waals surface area contributed by atoms with E-state index < -0.39 is 0 Å². The van der Waals surface area contributed by atoms with Gasteiger partial charge in [-0.15, -0.1) is 0 Å². The van der Waals surface area contributed by atoms with Gasteiger partial charge in [0.05, 0.1) is 24.1 Å². The molecule has 1 saturated heterocycles. The first-order chi connectivity index (χ1) is 13.0. The molecular weight excluding hydrogens is 347 g/mol. The molecule has 1 aliphatic rings. The summed E-state index contributed by atoms with van der Waals surface area (Å²) >= 11 is 0. The average molecular weight is 368 g/mol. The number of rotatable bonds is 3. The molecule has 0 saturated carbocycles. The molecule has 7 heteroatoms. The van der Waals surface area contributed by atoms with Gasteiger partial charge in [0.25, 0.3) is 5.91 Å². The number of morpholine rings is 1. The number of hydrogen-bond acceptors (Lipinski definition) is 4. The van der Waals surface area contributed by atoms with E-state index in [1.54, 1.807) is 18.3 Å². The second-order valence-electron chi connectivity index (χ2n) is 6.94. The minimum absolute atomic E-state index is 0.154. The van der Waals surface area contributed by atoms with Gasteiger partial charge in [-0.25, -0.2) is 9.37 Å². The van der Waals surface area contributed by atoms with Crippen molar-refractivity contribution < 1.29 is 13.9 Å². The number of pyridine rings is 1. The molecule has 1 aromatic carbocycles. The molecule has 1 fully saturated rings. The summed E-state index contributed by atoms with van der Waals surface area (Å²) in [5, 5.41) is 3.47. The number of carbonyl (C=O) groups is 1. The Balaban J connectivity index is 1.46. The molecule has 140 valence electrons. The Kier molecular flexibility index (Phi) is 4.53. The highest BCUT2D eigenvalue weighted by molar-refractivity contribution is 6.05. The van der Waals surface area contributed by atoms with E-state index in [1.807, 2.05) is 26.0 Å². The second-order valence-corrected chi connectivity index (χ2v) is 6.94. The number of amides is 1. The predicted octanol–water partition coefficient (Wildman–Crippen LogP) is 3.57. The summed E-state index contributed by atoms with van der Waals surface area (Å²) < 4.78 is 19.0. The summed E-state index contributed by atoms with van der Waals surface area (Å²) in [6.07, 6.45) is 1.95. The van der Waals surface area contributed by atoms with Crippen molar-refractivity contribution in [2.45, 2.75) is 26.1 Å². The van der Waals surface area contributed by atoms with Gasteiger partial charge < -0.3 is 19.9 Å². The number of benzene rings is 1. The van der Waals surface area contributed by atoms with Crippen LogP contribution in [0.5, 0.6) is 0 Å². The standard InChI is InChI=1S/C20H21FN4O2/c1-12-10-25(11-13(2)27-12)19-6-4-16(9-22-19)23-20(26)18-8-14-7-15(21)3-5-17(14)24-18/h3-9,12-13,24H,10-11H2,1-2H3,(H,23,26)/t12-,13-/m1/s1. The molecule has 2 aromatic heterocycles. The third-order valence-corrected chi connectivity index (χ3v) is 4.58. The molecule has 27 heavy (non-hydrogen) atoms. The van der Waals surface area contributed by atoms with Gasteiger partial charge in [-0.05, 0) is 50.2 Å². The van der Waals surface area contributed by atoms with Crippen LogP contribution in [0.3, 0.4) is 0 Å². The monoisotopic (exact) mass is 368 g/mol. The van der Waals surface area contributed by atoms with Gasteiger partial charge in [0.1, 0.15) is 17.3 Å². The number of ether oxygens (including phenoxy) is 1. The van der Waals surface area contributed by atoms with Gasteiger partial charge in [0, 0.05) is 24.0 Å². The number of carbonyl (C=O) groups excluding carboxylic acids is 1. The van der Waals surface area contributed by atoms with Crippen molar-refractivity contribution in [3.8, 4) is 0 Å². The van der Waals surface area contributed by atoms with E-state index in [4.69, 9.17) is 4.74 Å². The van der Waals surface area contributed by atoms with Crippen molar-refractivity contribution in [3.05, 3.63) is 54.1 Å². The second kappa shape index (κ2) is 7.00. The first-order valence-electron chi connectivity index (χ1n) is 8.94. The number of nitrogens with zero attached hydrogens (tertiary/aromatic N) is 2. The first kappa shape index (κ1) is 17.5. The maximum atomic E-state index is 13.3. The fourth-order valence-corrected chi connectivity index (χ4v) is 3.44. The third-order valence-electron chi connectivity index (χ3n) is 4.58. The van der Waals surface area contributed by atoms with Crippen LogP contribution in [0.1, 0.15) is 24.3 Å². The van der Waals surface area contributed by atoms with Gasteiger partial charge in [0.15, 0.2) is 0 Å². The number of anilines is 2. The van der Waals surface area contributed by atoms with E-state index in [2.05, 4.69) is 20.2 Å². The fraction of sp³-hybridized carbons (Fsp3) is 0.300. The van der Waals surface area contributed by atoms with E-state index in [9.17, 15) is 9.18 Å². The number of halogens is 1. The number of H-pyrrole nitrogens is 1. The van der Waals surface area contributed by atoms with Crippen LogP contribution in [-0.2, 0) is 4.74 Å². The summed E-state index contributed by atoms with van der Waals surface area (Å²) in [4.78, 5) is 22.1. The average Bonchev–Trinajstić information content (AvgIpc) is 3.05. The van der Waals surface area contributed by atoms with E-state index >= 15 is 0 Å². The number of nitrogens with one attached hydrogen (secondary N) is 2. The molecule has 3 heterocycles. The van der Waals surface area contributed by atoms with Crippen LogP contribution in [0, 0.1) is 5.82 Å². The lowest BCUT2D eigenvalue weighted by Crippen LogP contribution is -2.45. The molecule has 0 bridgehead atoms. The lowest BCUT2D eigenvalue weighted by Gasteiger charge is -2.36. The number of hydrogen-bond donors (Lipinski definition) is 2. The zero-order chi connectivity index (χ0) is 19.0. The van der Waals surface area contributed by atoms with E-state index in [0.717, 1.165) is 18.9 Å². The molecule has 0 spiro atoms. The molecule has 0 unspecified atom stereocenters. The maximum Gasteiger partial charge on any atom is 0.272 e. The van der Waals surface area contributed by atoms with Gasteiger partial charge >= 0.3 is 0 Å². The van der Waals surface area contributed by atoms with Crippen molar-refractivity contribution in [3.63, 3.8) is 0 Å². The third kappa shape index (κ3) is 3.78. The van der Waals surface area contributed by atoms with Gasteiger partial charge in [0.2, 0.25) is 0 Å². The van der Waals surface area contributed by atoms with Crippen LogP contribution in [0.2, 0.25) is 0 Å². The van der Waals surface area contributed by atoms with Crippen LogP contribution in [0.15, 0.2) is 42.6 Å². The van der Waals surface area contributed by atoms with Gasteiger partial charge in [-0.3, -0.25) is 4.79 Å². The first-order valence-corrected chi connectivity index (χ1v) is 8.94. The van der Waals surface area contributed by atoms with Crippen molar-refractivity contribution >= 4 is 28.3 Å². The quantitative estimate of drug-likeness (QED) is 0.742. The Bertz CT molecular complexity index is 960. The Morgan fingerprint density at radius 3 is 2.70 bits per heavy atom. The normalized spacial score (nSPS) is 20.0. The smallest absolute Gasteiger partial charge is 0.272 e. The minimum Gasteiger partial charge on any atom is -0.372 e. The molecule has 6 nitrogen and oxygen atoms in total. The van der Waals surface area contributed by atoms with Crippen molar-refractivity contribution in [1.29, 1.82) is 0 Å². The highest BCUT2D eigenvalue weighted by Gasteiger charge is 2.23. The molecule has 3 aromatic rings. The fourth-order valence-electron chi connectivity index (χ4n) is 3.44. The van der Waals surface area contributed by atoms with E-state index in [1.165, 1.54) is 12.1 Å². The van der Waals surface area contributed by atoms with Crippen LogP contribution < -0.4 is 10.2 Å². The lowest BCUT2D eigenvalue weighted by atomic mass is 10.2. The highest BCUT2D eigenvalue weighted by atomic mass is 19.1. The number of aromatic amines is 1. The number of fused-ring (bicyclic) bond motifs is 1. The molecule has 0 radical (unpaired) electrons. The Labute approximate surface area is 156 Å². The highest BCUT2D eigenvalue weighted by Crippen LogP contribution is 2.21. The molecule has 0 aliphatic carbocycles. The van der Waals surface area contributed by atoms with E-state index in [0.29, 0.717) is 22.3 Å². The van der Waals surface area contributed by atoms with Crippen molar-refractivity contribution in [2.24, 2.45) is 0 Å². The molecular formula is C20H21FN4O2. The molecule has 1 aliphatic heterocycles. The Hall–Kier alpha value is -2.93. The zero-order valence-electron chi connectivity index (χ0n) is 15.2. The summed E-state index contributed by atoms with van der Waals surface area (Å²) in [7, 11) is 0. The van der Waals surface area contributed by atoms with Crippen molar-refractivity contribution in [1.82, 2.24) is 9.97 Å². The van der Waals surface area contributed by atoms with E-state index in [-0.39, 0.29) is 23.9 Å². The Morgan fingerprint density at radius 2 is 2.00 bits per heavy atom. The molecule has 2 N–H and O–H groups in total. The van der Waals surface area contributed by atoms with Crippen LogP contribution in [0.4, 0.5) is 15.9 Å². The molecule has 4 rings (SSSR count). The Morgan fingerprint density at radius 1 is 1.22 bits per heavy atom. The lowest BCUT2D eigenvalue weighted by molar-refractivity contribution is -0.00545. The summed E-state index contributed by atoms with van der Waals surface area (Å²) in [5.41, 5.74) is 1.68. The van der Waals surface area contributed by atoms with Crippen molar-refractivity contribution in [2.75, 3.05) is 23.3 Å². The zero-order valence-corrected chi connectivity index (χ0v) is 15.2. The topological polar surface area (TPSA) is 70.2 Å². The number of aromatic nitrogens is 2. The van der Waals surface area contributed by atoms with Crippen LogP contribution in [-0.4, -0.2) is 41.2 Å². The largest absolute Gasteiger partial charge is 0.372 e.